The maximum absolute atomic E-state index is 12.7. The maximum Gasteiger partial charge on any atom is 0.308 e. The summed E-state index contributed by atoms with van der Waals surface area (Å²) in [7, 11) is 0. The molecule has 0 aliphatic heterocycles. The molecule has 0 spiro atoms. The van der Waals surface area contributed by atoms with Crippen molar-refractivity contribution < 1.29 is 14.7 Å². The topological polar surface area (TPSA) is 66.4 Å². The molecule has 2 N–H and O–H groups in total. The first-order valence-electron chi connectivity index (χ1n) is 7.86. The first kappa shape index (κ1) is 15.5. The summed E-state index contributed by atoms with van der Waals surface area (Å²) in [6.45, 7) is 5.96. The number of hydrogen-bond acceptors (Lipinski definition) is 2. The first-order chi connectivity index (χ1) is 10.9. The number of carbonyl (C=O) groups is 2. The van der Waals surface area contributed by atoms with Gasteiger partial charge in [-0.2, -0.15) is 0 Å². The minimum Gasteiger partial charge on any atom is -0.481 e. The second kappa shape index (κ2) is 5.69. The van der Waals surface area contributed by atoms with Crippen molar-refractivity contribution in [3.05, 3.63) is 53.1 Å². The standard InChI is InChI=1S/C19H21NO3/c1-10(2)15-13-8-9-14(15)17(19(22)23)16(13)18(21)20-12-6-4-11(3)5-7-12/h4-9,13-14,16-17H,1-3H3,(H,20,21)(H,22,23)/t13-,14+,16-,17-/m0/s1. The van der Waals surface area contributed by atoms with Crippen LogP contribution in [0.3, 0.4) is 0 Å². The normalized spacial score (nSPS) is 28.0. The summed E-state index contributed by atoms with van der Waals surface area (Å²) in [6.07, 6.45) is 3.94. The summed E-state index contributed by atoms with van der Waals surface area (Å²) >= 11 is 0. The fraction of sp³-hybridized carbons (Fsp3) is 0.368. The number of aliphatic carboxylic acids is 1. The van der Waals surface area contributed by atoms with Gasteiger partial charge in [-0.15, -0.1) is 0 Å². The van der Waals surface area contributed by atoms with Crippen LogP contribution in [0.1, 0.15) is 19.4 Å². The molecule has 2 aliphatic carbocycles. The highest BCUT2D eigenvalue weighted by molar-refractivity contribution is 5.97. The summed E-state index contributed by atoms with van der Waals surface area (Å²) in [5, 5.41) is 12.5. The second-order valence-electron chi connectivity index (χ2n) is 6.64. The number of rotatable bonds is 3. The molecule has 1 amide bonds. The Bertz CT molecular complexity index is 711. The highest BCUT2D eigenvalue weighted by Crippen LogP contribution is 2.53. The maximum atomic E-state index is 12.7. The third-order valence-corrected chi connectivity index (χ3v) is 4.89. The van der Waals surface area contributed by atoms with Crippen LogP contribution in [0.25, 0.3) is 0 Å². The number of benzene rings is 1. The SMILES string of the molecule is CC(C)=C1[C@H]2C=C[C@@H]1[C@H](C(=O)Nc1ccc(C)cc1)[C@H]2C(=O)O. The van der Waals surface area contributed by atoms with Crippen LogP contribution in [0.15, 0.2) is 47.6 Å². The summed E-state index contributed by atoms with van der Waals surface area (Å²) < 4.78 is 0. The van der Waals surface area contributed by atoms with Crippen LogP contribution in [0.2, 0.25) is 0 Å². The zero-order chi connectivity index (χ0) is 16.7. The molecule has 0 aromatic heterocycles. The van der Waals surface area contributed by atoms with E-state index in [2.05, 4.69) is 5.32 Å². The molecule has 4 nitrogen and oxygen atoms in total. The Hall–Kier alpha value is -2.36. The molecule has 1 aromatic rings. The molecule has 23 heavy (non-hydrogen) atoms. The largest absolute Gasteiger partial charge is 0.481 e. The van der Waals surface area contributed by atoms with Crippen molar-refractivity contribution >= 4 is 17.6 Å². The zero-order valence-electron chi connectivity index (χ0n) is 13.5. The van der Waals surface area contributed by atoms with Gasteiger partial charge in [0.25, 0.3) is 0 Å². The van der Waals surface area contributed by atoms with Crippen LogP contribution in [0.5, 0.6) is 0 Å². The summed E-state index contributed by atoms with van der Waals surface area (Å²) in [4.78, 5) is 24.5. The minimum absolute atomic E-state index is 0.100. The lowest BCUT2D eigenvalue weighted by Gasteiger charge is -2.23. The van der Waals surface area contributed by atoms with E-state index in [9.17, 15) is 14.7 Å². The average molecular weight is 311 g/mol. The van der Waals surface area contributed by atoms with Gasteiger partial charge < -0.3 is 10.4 Å². The number of carboxylic acid groups (broad SMARTS) is 1. The Labute approximate surface area is 135 Å². The molecule has 1 fully saturated rings. The van der Waals surface area contributed by atoms with Crippen LogP contribution in [0, 0.1) is 30.6 Å². The number of aryl methyl sites for hydroxylation is 1. The molecule has 0 saturated heterocycles. The van der Waals surface area contributed by atoms with Crippen molar-refractivity contribution in [3.63, 3.8) is 0 Å². The Morgan fingerprint density at radius 2 is 1.57 bits per heavy atom. The molecule has 0 unspecified atom stereocenters. The summed E-state index contributed by atoms with van der Waals surface area (Å²) in [5.41, 5.74) is 4.03. The Balaban J connectivity index is 1.89. The average Bonchev–Trinajstić information content (AvgIpc) is 3.05. The van der Waals surface area contributed by atoms with E-state index in [1.165, 1.54) is 0 Å². The fourth-order valence-electron chi connectivity index (χ4n) is 3.90. The van der Waals surface area contributed by atoms with Crippen molar-refractivity contribution in [1.29, 1.82) is 0 Å². The van der Waals surface area contributed by atoms with Crippen molar-refractivity contribution in [3.8, 4) is 0 Å². The van der Waals surface area contributed by atoms with E-state index in [0.717, 1.165) is 16.7 Å². The van der Waals surface area contributed by atoms with Crippen molar-refractivity contribution in [1.82, 2.24) is 0 Å². The Kier molecular flexibility index (Phi) is 3.84. The summed E-state index contributed by atoms with van der Waals surface area (Å²) in [6, 6.07) is 7.53. The predicted molar refractivity (Wildman–Crippen MR) is 88.9 cm³/mol. The number of fused-ring (bicyclic) bond motifs is 2. The van der Waals surface area contributed by atoms with Crippen molar-refractivity contribution in [2.45, 2.75) is 20.8 Å². The van der Waals surface area contributed by atoms with Gasteiger partial charge in [0.2, 0.25) is 5.91 Å². The predicted octanol–water partition coefficient (Wildman–Crippen LogP) is 3.40. The highest BCUT2D eigenvalue weighted by atomic mass is 16.4. The van der Waals surface area contributed by atoms with Gasteiger partial charge in [-0.05, 0) is 32.9 Å². The lowest BCUT2D eigenvalue weighted by molar-refractivity contribution is -0.146. The molecular weight excluding hydrogens is 290 g/mol. The van der Waals surface area contributed by atoms with Gasteiger partial charge >= 0.3 is 5.97 Å². The van der Waals surface area contributed by atoms with Crippen molar-refractivity contribution in [2.24, 2.45) is 23.7 Å². The number of amides is 1. The first-order valence-corrected chi connectivity index (χ1v) is 7.86. The zero-order valence-corrected chi connectivity index (χ0v) is 13.5. The molecule has 0 radical (unpaired) electrons. The van der Waals surface area contributed by atoms with Gasteiger partial charge in [0.15, 0.2) is 0 Å². The van der Waals surface area contributed by atoms with Gasteiger partial charge in [-0.25, -0.2) is 0 Å². The van der Waals surface area contributed by atoms with E-state index in [4.69, 9.17) is 0 Å². The van der Waals surface area contributed by atoms with Crippen LogP contribution in [-0.2, 0) is 9.59 Å². The molecule has 3 rings (SSSR count). The molecule has 1 aromatic carbocycles. The van der Waals surface area contributed by atoms with E-state index >= 15 is 0 Å². The second-order valence-corrected chi connectivity index (χ2v) is 6.64. The smallest absolute Gasteiger partial charge is 0.308 e. The highest BCUT2D eigenvalue weighted by Gasteiger charge is 2.54. The van der Waals surface area contributed by atoms with E-state index in [-0.39, 0.29) is 17.7 Å². The van der Waals surface area contributed by atoms with E-state index in [0.29, 0.717) is 5.69 Å². The number of carboxylic acids is 1. The van der Waals surface area contributed by atoms with Crippen molar-refractivity contribution in [2.75, 3.05) is 5.32 Å². The lowest BCUT2D eigenvalue weighted by atomic mass is 9.82. The van der Waals surface area contributed by atoms with Crippen LogP contribution < -0.4 is 5.32 Å². The third kappa shape index (κ3) is 2.58. The molecular formula is C19H21NO3. The number of anilines is 1. The third-order valence-electron chi connectivity index (χ3n) is 4.89. The molecule has 4 atom stereocenters. The molecule has 4 heteroatoms. The van der Waals surface area contributed by atoms with Gasteiger partial charge in [0, 0.05) is 17.5 Å². The molecule has 0 heterocycles. The molecule has 2 aliphatic rings. The molecule has 2 bridgehead atoms. The molecule has 1 saturated carbocycles. The van der Waals surface area contributed by atoms with E-state index < -0.39 is 17.8 Å². The lowest BCUT2D eigenvalue weighted by Crippen LogP contribution is -2.36. The Morgan fingerprint density at radius 3 is 2.09 bits per heavy atom. The van der Waals surface area contributed by atoms with Gasteiger partial charge in [-0.1, -0.05) is 41.0 Å². The van der Waals surface area contributed by atoms with Crippen LogP contribution in [0.4, 0.5) is 5.69 Å². The monoisotopic (exact) mass is 311 g/mol. The fourth-order valence-corrected chi connectivity index (χ4v) is 3.90. The van der Waals surface area contributed by atoms with Crippen LogP contribution in [-0.4, -0.2) is 17.0 Å². The van der Waals surface area contributed by atoms with Gasteiger partial charge in [-0.3, -0.25) is 9.59 Å². The van der Waals surface area contributed by atoms with E-state index in [1.54, 1.807) is 0 Å². The van der Waals surface area contributed by atoms with Gasteiger partial charge in [0.1, 0.15) is 0 Å². The number of hydrogen-bond donors (Lipinski definition) is 2. The number of nitrogens with one attached hydrogen (secondary N) is 1. The number of allylic oxidation sites excluding steroid dienone is 4. The minimum atomic E-state index is -0.898. The quantitative estimate of drug-likeness (QED) is 0.841. The summed E-state index contributed by atoms with van der Waals surface area (Å²) in [5.74, 6) is -2.59. The van der Waals surface area contributed by atoms with Gasteiger partial charge in [0.05, 0.1) is 11.8 Å². The molecule has 120 valence electrons. The Morgan fingerprint density at radius 1 is 1.00 bits per heavy atom. The van der Waals surface area contributed by atoms with Crippen LogP contribution >= 0.6 is 0 Å². The number of carbonyl (C=O) groups excluding carboxylic acids is 1. The van der Waals surface area contributed by atoms with E-state index in [1.807, 2.05) is 57.2 Å².